The van der Waals surface area contributed by atoms with Gasteiger partial charge in [0.05, 0.1) is 6.04 Å². The Bertz CT molecular complexity index is 504. The van der Waals surface area contributed by atoms with Crippen LogP contribution in [-0.4, -0.2) is 37.1 Å². The molecular weight excluding hydrogens is 252 g/mol. The summed E-state index contributed by atoms with van der Waals surface area (Å²) in [4.78, 5) is 16.1. The standard InChI is InChI=1S/C15H20N4O/c1-17-14(19-15(20)13-8-5-9-18-13)10-12(16)11-6-3-2-4-7-11/h2-4,6-7,13,16,18H,5,8-10H2,1H3,(H,17,19,20). The maximum atomic E-state index is 12.0. The van der Waals surface area contributed by atoms with Gasteiger partial charge in [0.15, 0.2) is 0 Å². The SMILES string of the molecule is CN=C(CC(=N)c1ccccc1)NC(=O)C1CCCN1. The second kappa shape index (κ2) is 6.96. The second-order valence-corrected chi connectivity index (χ2v) is 4.83. The van der Waals surface area contributed by atoms with Gasteiger partial charge in [-0.15, -0.1) is 0 Å². The molecule has 1 fully saturated rings. The highest BCUT2D eigenvalue weighted by Gasteiger charge is 2.23. The maximum Gasteiger partial charge on any atom is 0.242 e. The van der Waals surface area contributed by atoms with Crippen molar-refractivity contribution >= 4 is 17.5 Å². The zero-order chi connectivity index (χ0) is 14.4. The number of amides is 1. The lowest BCUT2D eigenvalue weighted by Gasteiger charge is -2.13. The number of carbonyl (C=O) groups is 1. The second-order valence-electron chi connectivity index (χ2n) is 4.83. The van der Waals surface area contributed by atoms with Crippen LogP contribution < -0.4 is 10.6 Å². The Morgan fingerprint density at radius 3 is 2.80 bits per heavy atom. The van der Waals surface area contributed by atoms with Crippen molar-refractivity contribution in [1.29, 1.82) is 5.41 Å². The van der Waals surface area contributed by atoms with E-state index in [1.54, 1.807) is 7.05 Å². The Balaban J connectivity index is 1.92. The van der Waals surface area contributed by atoms with E-state index >= 15 is 0 Å². The van der Waals surface area contributed by atoms with Crippen LogP contribution in [0.1, 0.15) is 24.8 Å². The molecule has 2 rings (SSSR count). The molecule has 0 aliphatic carbocycles. The predicted octanol–water partition coefficient (Wildman–Crippen LogP) is 1.34. The van der Waals surface area contributed by atoms with Crippen molar-refractivity contribution in [2.75, 3.05) is 13.6 Å². The van der Waals surface area contributed by atoms with Gasteiger partial charge < -0.3 is 16.0 Å². The number of hydrogen-bond donors (Lipinski definition) is 3. The van der Waals surface area contributed by atoms with E-state index < -0.39 is 0 Å². The van der Waals surface area contributed by atoms with Gasteiger partial charge in [-0.3, -0.25) is 9.79 Å². The van der Waals surface area contributed by atoms with Crippen LogP contribution >= 0.6 is 0 Å². The van der Waals surface area contributed by atoms with Crippen molar-refractivity contribution in [3.8, 4) is 0 Å². The molecule has 1 atom stereocenters. The molecule has 1 heterocycles. The van der Waals surface area contributed by atoms with E-state index in [1.807, 2.05) is 30.3 Å². The molecule has 5 nitrogen and oxygen atoms in total. The zero-order valence-electron chi connectivity index (χ0n) is 11.6. The Labute approximate surface area is 119 Å². The van der Waals surface area contributed by atoms with Gasteiger partial charge in [0, 0.05) is 19.2 Å². The molecule has 1 unspecified atom stereocenters. The number of carbonyl (C=O) groups excluding carboxylic acids is 1. The minimum absolute atomic E-state index is 0.0519. The fourth-order valence-electron chi connectivity index (χ4n) is 2.23. The van der Waals surface area contributed by atoms with E-state index in [4.69, 9.17) is 5.41 Å². The number of amidine groups is 1. The number of benzene rings is 1. The van der Waals surface area contributed by atoms with E-state index in [1.165, 1.54) is 0 Å². The normalized spacial score (nSPS) is 18.9. The highest BCUT2D eigenvalue weighted by molar-refractivity contribution is 6.14. The molecule has 106 valence electrons. The summed E-state index contributed by atoms with van der Waals surface area (Å²) in [5.74, 6) is 0.488. The van der Waals surface area contributed by atoms with Gasteiger partial charge in [-0.1, -0.05) is 30.3 Å². The van der Waals surface area contributed by atoms with Gasteiger partial charge in [-0.25, -0.2) is 0 Å². The molecule has 1 aromatic rings. The molecule has 1 aliphatic rings. The Morgan fingerprint density at radius 2 is 2.20 bits per heavy atom. The molecule has 1 aromatic carbocycles. The Kier molecular flexibility index (Phi) is 5.01. The van der Waals surface area contributed by atoms with Crippen LogP contribution in [0, 0.1) is 5.41 Å². The van der Waals surface area contributed by atoms with Crippen LogP contribution in [0.5, 0.6) is 0 Å². The first-order chi connectivity index (χ1) is 9.70. The first-order valence-corrected chi connectivity index (χ1v) is 6.83. The summed E-state index contributed by atoms with van der Waals surface area (Å²) in [7, 11) is 1.63. The fourth-order valence-corrected chi connectivity index (χ4v) is 2.23. The van der Waals surface area contributed by atoms with E-state index in [-0.39, 0.29) is 11.9 Å². The molecule has 0 bridgehead atoms. The van der Waals surface area contributed by atoms with Gasteiger partial charge >= 0.3 is 0 Å². The van der Waals surface area contributed by atoms with Gasteiger partial charge in [0.25, 0.3) is 0 Å². The maximum absolute atomic E-state index is 12.0. The van der Waals surface area contributed by atoms with Crippen LogP contribution in [0.3, 0.4) is 0 Å². The fraction of sp³-hybridized carbons (Fsp3) is 0.400. The van der Waals surface area contributed by atoms with Crippen LogP contribution in [0.2, 0.25) is 0 Å². The van der Waals surface area contributed by atoms with Crippen molar-refractivity contribution in [2.24, 2.45) is 4.99 Å². The summed E-state index contributed by atoms with van der Waals surface area (Å²) in [5, 5.41) is 14.0. The minimum Gasteiger partial charge on any atom is -0.313 e. The largest absolute Gasteiger partial charge is 0.313 e. The summed E-state index contributed by atoms with van der Waals surface area (Å²) >= 11 is 0. The third-order valence-electron chi connectivity index (χ3n) is 3.38. The van der Waals surface area contributed by atoms with Gasteiger partial charge in [-0.2, -0.15) is 0 Å². The highest BCUT2D eigenvalue weighted by Crippen LogP contribution is 2.06. The molecule has 0 saturated carbocycles. The smallest absolute Gasteiger partial charge is 0.242 e. The highest BCUT2D eigenvalue weighted by atomic mass is 16.2. The van der Waals surface area contributed by atoms with Gasteiger partial charge in [0.1, 0.15) is 5.84 Å². The summed E-state index contributed by atoms with van der Waals surface area (Å²) in [6.07, 6.45) is 2.22. The van der Waals surface area contributed by atoms with Crippen LogP contribution in [-0.2, 0) is 4.79 Å². The summed E-state index contributed by atoms with van der Waals surface area (Å²) < 4.78 is 0. The first-order valence-electron chi connectivity index (χ1n) is 6.83. The lowest BCUT2D eigenvalue weighted by molar-refractivity contribution is -0.121. The molecule has 1 saturated heterocycles. The lowest BCUT2D eigenvalue weighted by Crippen LogP contribution is -2.43. The van der Waals surface area contributed by atoms with Gasteiger partial charge in [-0.05, 0) is 24.9 Å². The average molecular weight is 272 g/mol. The summed E-state index contributed by atoms with van der Waals surface area (Å²) in [5.41, 5.74) is 1.30. The van der Waals surface area contributed by atoms with E-state index in [0.717, 1.165) is 24.9 Å². The van der Waals surface area contributed by atoms with Crippen molar-refractivity contribution in [1.82, 2.24) is 10.6 Å². The number of nitrogens with zero attached hydrogens (tertiary/aromatic N) is 1. The van der Waals surface area contributed by atoms with Crippen molar-refractivity contribution in [3.63, 3.8) is 0 Å². The topological polar surface area (TPSA) is 77.3 Å². The number of rotatable bonds is 4. The first kappa shape index (κ1) is 14.4. The lowest BCUT2D eigenvalue weighted by atomic mass is 10.1. The molecule has 3 N–H and O–H groups in total. The third kappa shape index (κ3) is 3.74. The molecule has 1 aliphatic heterocycles. The molecule has 20 heavy (non-hydrogen) atoms. The molecule has 0 spiro atoms. The van der Waals surface area contributed by atoms with E-state index in [0.29, 0.717) is 18.0 Å². The minimum atomic E-state index is -0.127. The van der Waals surface area contributed by atoms with E-state index in [9.17, 15) is 4.79 Å². The number of aliphatic imine (C=N–C) groups is 1. The van der Waals surface area contributed by atoms with Crippen LogP contribution in [0.15, 0.2) is 35.3 Å². The third-order valence-corrected chi connectivity index (χ3v) is 3.38. The molecule has 0 radical (unpaired) electrons. The van der Waals surface area contributed by atoms with E-state index in [2.05, 4.69) is 15.6 Å². The Hall–Kier alpha value is -2.01. The number of nitrogens with one attached hydrogen (secondary N) is 3. The summed E-state index contributed by atoms with van der Waals surface area (Å²) in [6.45, 7) is 0.885. The number of hydrogen-bond acceptors (Lipinski definition) is 4. The summed E-state index contributed by atoms with van der Waals surface area (Å²) in [6, 6.07) is 9.35. The zero-order valence-corrected chi connectivity index (χ0v) is 11.6. The quantitative estimate of drug-likeness (QED) is 0.571. The predicted molar refractivity (Wildman–Crippen MR) is 80.4 cm³/mol. The van der Waals surface area contributed by atoms with Gasteiger partial charge in [0.2, 0.25) is 5.91 Å². The molecule has 1 amide bonds. The molecule has 0 aromatic heterocycles. The van der Waals surface area contributed by atoms with Crippen molar-refractivity contribution in [2.45, 2.75) is 25.3 Å². The monoisotopic (exact) mass is 272 g/mol. The van der Waals surface area contributed by atoms with Crippen LogP contribution in [0.25, 0.3) is 0 Å². The molecule has 5 heteroatoms. The Morgan fingerprint density at radius 1 is 1.45 bits per heavy atom. The van der Waals surface area contributed by atoms with Crippen molar-refractivity contribution < 1.29 is 4.79 Å². The van der Waals surface area contributed by atoms with Crippen molar-refractivity contribution in [3.05, 3.63) is 35.9 Å². The van der Waals surface area contributed by atoms with Crippen LogP contribution in [0.4, 0.5) is 0 Å². The average Bonchev–Trinajstić information content (AvgIpc) is 3.01. The molecular formula is C15H20N4O.